The second kappa shape index (κ2) is 7.44. The van der Waals surface area contributed by atoms with Gasteiger partial charge in [-0.2, -0.15) is 0 Å². The van der Waals surface area contributed by atoms with Crippen LogP contribution in [0.1, 0.15) is 24.5 Å². The Kier molecular flexibility index (Phi) is 5.10. The number of amides is 2. The predicted octanol–water partition coefficient (Wildman–Crippen LogP) is 3.78. The summed E-state index contributed by atoms with van der Waals surface area (Å²) in [4.78, 5) is 16.1. The smallest absolute Gasteiger partial charge is 0.320 e. The van der Waals surface area contributed by atoms with Crippen LogP contribution in [0.2, 0.25) is 5.02 Å². The quantitative estimate of drug-likeness (QED) is 0.899. The maximum atomic E-state index is 12.1. The van der Waals surface area contributed by atoms with Crippen molar-refractivity contribution in [1.82, 2.24) is 10.3 Å². The van der Waals surface area contributed by atoms with Gasteiger partial charge in [-0.05, 0) is 30.5 Å². The minimum Gasteiger partial charge on any atom is -0.373 e. The van der Waals surface area contributed by atoms with E-state index in [0.717, 1.165) is 18.4 Å². The van der Waals surface area contributed by atoms with Crippen LogP contribution in [-0.4, -0.2) is 23.7 Å². The molecule has 2 amide bonds. The van der Waals surface area contributed by atoms with Crippen molar-refractivity contribution < 1.29 is 9.53 Å². The third-order valence-corrected chi connectivity index (χ3v) is 3.98. The van der Waals surface area contributed by atoms with Crippen LogP contribution < -0.4 is 10.6 Å². The lowest BCUT2D eigenvalue weighted by molar-refractivity contribution is 0.00253. The van der Waals surface area contributed by atoms with Gasteiger partial charge in [0.15, 0.2) is 0 Å². The summed E-state index contributed by atoms with van der Waals surface area (Å²) in [6.07, 6.45) is 3.07. The number of benzene rings is 1. The van der Waals surface area contributed by atoms with E-state index in [-0.39, 0.29) is 18.2 Å². The number of carbonyl (C=O) groups is 1. The van der Waals surface area contributed by atoms with E-state index in [2.05, 4.69) is 15.6 Å². The Morgan fingerprint density at radius 2 is 2.04 bits per heavy atom. The molecule has 1 aromatic heterocycles. The number of pyridine rings is 1. The summed E-state index contributed by atoms with van der Waals surface area (Å²) in [5.41, 5.74) is 1.14. The summed E-state index contributed by atoms with van der Waals surface area (Å²) in [5, 5.41) is 6.22. The van der Waals surface area contributed by atoms with Gasteiger partial charge in [0.1, 0.15) is 5.82 Å². The Morgan fingerprint density at radius 3 is 2.78 bits per heavy atom. The monoisotopic (exact) mass is 331 g/mol. The average molecular weight is 332 g/mol. The van der Waals surface area contributed by atoms with Crippen molar-refractivity contribution in [3.8, 4) is 0 Å². The van der Waals surface area contributed by atoms with E-state index >= 15 is 0 Å². The number of anilines is 1. The lowest BCUT2D eigenvalue weighted by Gasteiger charge is -2.30. The van der Waals surface area contributed by atoms with Crippen molar-refractivity contribution >= 4 is 23.4 Å². The number of rotatable bonds is 3. The first-order valence-electron chi connectivity index (χ1n) is 7.56. The number of ether oxygens (including phenoxy) is 1. The fourth-order valence-corrected chi connectivity index (χ4v) is 2.73. The van der Waals surface area contributed by atoms with Gasteiger partial charge in [-0.15, -0.1) is 0 Å². The highest BCUT2D eigenvalue weighted by atomic mass is 35.5. The zero-order chi connectivity index (χ0) is 16.1. The van der Waals surface area contributed by atoms with Crippen LogP contribution in [0.5, 0.6) is 0 Å². The summed E-state index contributed by atoms with van der Waals surface area (Å²) in [6, 6.07) is 13.2. The zero-order valence-corrected chi connectivity index (χ0v) is 13.3. The van der Waals surface area contributed by atoms with E-state index in [4.69, 9.17) is 16.3 Å². The molecule has 5 nitrogen and oxygen atoms in total. The Bertz CT molecular complexity index is 649. The van der Waals surface area contributed by atoms with Crippen molar-refractivity contribution in [2.75, 3.05) is 11.9 Å². The number of nitrogens with one attached hydrogen (secondary N) is 2. The van der Waals surface area contributed by atoms with Crippen LogP contribution in [0.4, 0.5) is 10.6 Å². The molecule has 2 N–H and O–H groups in total. The lowest BCUT2D eigenvalue weighted by atomic mass is 9.97. The first-order chi connectivity index (χ1) is 11.2. The average Bonchev–Trinajstić information content (AvgIpc) is 2.58. The van der Waals surface area contributed by atoms with Crippen molar-refractivity contribution in [3.05, 3.63) is 59.2 Å². The molecule has 0 bridgehead atoms. The normalized spacial score (nSPS) is 20.7. The van der Waals surface area contributed by atoms with Crippen molar-refractivity contribution in [1.29, 1.82) is 0 Å². The molecule has 2 atom stereocenters. The summed E-state index contributed by atoms with van der Waals surface area (Å²) in [7, 11) is 0. The van der Waals surface area contributed by atoms with Gasteiger partial charge in [0.2, 0.25) is 0 Å². The molecule has 0 spiro atoms. The minimum absolute atomic E-state index is 0.0175. The Morgan fingerprint density at radius 1 is 1.22 bits per heavy atom. The SMILES string of the molecule is O=C(Nc1ccc(Cl)cn1)N[C@H]1CCO[C@@H](c2ccccc2)C1. The molecule has 2 heterocycles. The third kappa shape index (κ3) is 4.43. The summed E-state index contributed by atoms with van der Waals surface area (Å²) < 4.78 is 5.81. The molecule has 1 aliphatic heterocycles. The molecule has 6 heteroatoms. The molecule has 0 aliphatic carbocycles. The highest BCUT2D eigenvalue weighted by molar-refractivity contribution is 6.30. The molecule has 0 saturated carbocycles. The van der Waals surface area contributed by atoms with Crippen LogP contribution in [-0.2, 0) is 4.74 Å². The van der Waals surface area contributed by atoms with E-state index < -0.39 is 0 Å². The van der Waals surface area contributed by atoms with Crippen LogP contribution in [0.3, 0.4) is 0 Å². The van der Waals surface area contributed by atoms with Crippen molar-refractivity contribution in [2.24, 2.45) is 0 Å². The molecule has 1 fully saturated rings. The predicted molar refractivity (Wildman–Crippen MR) is 89.6 cm³/mol. The molecule has 23 heavy (non-hydrogen) atoms. The highest BCUT2D eigenvalue weighted by Crippen LogP contribution is 2.27. The summed E-state index contributed by atoms with van der Waals surface area (Å²) >= 11 is 5.77. The Labute approximate surface area is 140 Å². The fraction of sp³-hybridized carbons (Fsp3) is 0.294. The van der Waals surface area contributed by atoms with Gasteiger partial charge < -0.3 is 10.1 Å². The van der Waals surface area contributed by atoms with Gasteiger partial charge in [-0.3, -0.25) is 5.32 Å². The second-order valence-corrected chi connectivity index (χ2v) is 5.89. The number of halogens is 1. The van der Waals surface area contributed by atoms with Crippen molar-refractivity contribution in [2.45, 2.75) is 25.0 Å². The first kappa shape index (κ1) is 15.8. The van der Waals surface area contributed by atoms with E-state index in [9.17, 15) is 4.79 Å². The third-order valence-electron chi connectivity index (χ3n) is 3.76. The van der Waals surface area contributed by atoms with Gasteiger partial charge in [-0.1, -0.05) is 41.9 Å². The molecule has 0 radical (unpaired) electrons. The highest BCUT2D eigenvalue weighted by Gasteiger charge is 2.25. The van der Waals surface area contributed by atoms with E-state index in [1.165, 1.54) is 6.20 Å². The number of urea groups is 1. The molecule has 1 aromatic carbocycles. The molecule has 0 unspecified atom stereocenters. The summed E-state index contributed by atoms with van der Waals surface area (Å²) in [5.74, 6) is 0.471. The molecule has 1 saturated heterocycles. The molecule has 1 aliphatic rings. The largest absolute Gasteiger partial charge is 0.373 e. The zero-order valence-electron chi connectivity index (χ0n) is 12.5. The van der Waals surface area contributed by atoms with Gasteiger partial charge in [0.25, 0.3) is 0 Å². The van der Waals surface area contributed by atoms with Crippen LogP contribution in [0, 0.1) is 0 Å². The Balaban J connectivity index is 1.55. The number of carbonyl (C=O) groups excluding carboxylic acids is 1. The molecule has 2 aromatic rings. The van der Waals surface area contributed by atoms with Crippen LogP contribution >= 0.6 is 11.6 Å². The maximum absolute atomic E-state index is 12.1. The standard InChI is InChI=1S/C17H18ClN3O2/c18-13-6-7-16(19-11-13)21-17(22)20-14-8-9-23-15(10-14)12-4-2-1-3-5-12/h1-7,11,14-15H,8-10H2,(H2,19,20,21,22)/t14-,15+/m0/s1. The summed E-state index contributed by atoms with van der Waals surface area (Å²) in [6.45, 7) is 0.629. The van der Waals surface area contributed by atoms with E-state index in [1.807, 2.05) is 30.3 Å². The van der Waals surface area contributed by atoms with Crippen LogP contribution in [0.25, 0.3) is 0 Å². The van der Waals surface area contributed by atoms with Crippen LogP contribution in [0.15, 0.2) is 48.7 Å². The topological polar surface area (TPSA) is 63.2 Å². The second-order valence-electron chi connectivity index (χ2n) is 5.45. The van der Waals surface area contributed by atoms with E-state index in [1.54, 1.807) is 12.1 Å². The molecule has 120 valence electrons. The number of hydrogen-bond acceptors (Lipinski definition) is 3. The van der Waals surface area contributed by atoms with Crippen molar-refractivity contribution in [3.63, 3.8) is 0 Å². The van der Waals surface area contributed by atoms with Gasteiger partial charge >= 0.3 is 6.03 Å². The fourth-order valence-electron chi connectivity index (χ4n) is 2.62. The number of hydrogen-bond donors (Lipinski definition) is 2. The molecular weight excluding hydrogens is 314 g/mol. The van der Waals surface area contributed by atoms with Gasteiger partial charge in [0.05, 0.1) is 11.1 Å². The number of aromatic nitrogens is 1. The minimum atomic E-state index is -0.265. The molecule has 3 rings (SSSR count). The van der Waals surface area contributed by atoms with Gasteiger partial charge in [0, 0.05) is 18.8 Å². The maximum Gasteiger partial charge on any atom is 0.320 e. The number of nitrogens with zero attached hydrogens (tertiary/aromatic N) is 1. The first-order valence-corrected chi connectivity index (χ1v) is 7.94. The molecular formula is C17H18ClN3O2. The van der Waals surface area contributed by atoms with E-state index in [0.29, 0.717) is 17.4 Å². The lowest BCUT2D eigenvalue weighted by Crippen LogP contribution is -2.42. The van der Waals surface area contributed by atoms with Gasteiger partial charge in [-0.25, -0.2) is 9.78 Å². The Hall–Kier alpha value is -2.11.